The molecule has 13 heteroatoms. The maximum absolute atomic E-state index is 14.4. The molecule has 0 aliphatic carbocycles. The summed E-state index contributed by atoms with van der Waals surface area (Å²) in [6.07, 6.45) is 3.07. The largest absolute Gasteiger partial charge is 0.463 e. The first-order chi connectivity index (χ1) is 17.4. The number of rotatable bonds is 8. The van der Waals surface area contributed by atoms with Crippen molar-refractivity contribution in [2.75, 3.05) is 26.5 Å². The molecule has 0 fully saturated rings. The van der Waals surface area contributed by atoms with Gasteiger partial charge in [-0.15, -0.1) is 6.42 Å². The summed E-state index contributed by atoms with van der Waals surface area (Å²) in [5.74, 6) is 1.30. The Hall–Kier alpha value is -3.66. The monoisotopic (exact) mass is 543 g/mol. The second-order valence-corrected chi connectivity index (χ2v) is 8.53. The third kappa shape index (κ3) is 12.7. The third-order valence-corrected chi connectivity index (χ3v) is 4.80. The molecule has 0 unspecified atom stereocenters. The number of aromatic nitrogens is 2. The maximum Gasteiger partial charge on any atom is 0.397 e. The molecule has 0 atom stereocenters. The van der Waals surface area contributed by atoms with E-state index in [-0.39, 0.29) is 24.7 Å². The third-order valence-electron chi connectivity index (χ3n) is 4.09. The van der Waals surface area contributed by atoms with Crippen molar-refractivity contribution in [2.45, 2.75) is 26.1 Å². The van der Waals surface area contributed by atoms with Gasteiger partial charge in [0.2, 0.25) is 11.8 Å². The predicted molar refractivity (Wildman–Crippen MR) is 135 cm³/mol. The van der Waals surface area contributed by atoms with Crippen LogP contribution >= 0.6 is 11.8 Å². The van der Waals surface area contributed by atoms with Gasteiger partial charge in [-0.1, -0.05) is 30.7 Å². The minimum absolute atomic E-state index is 0.0237. The second-order valence-electron chi connectivity index (χ2n) is 7.24. The van der Waals surface area contributed by atoms with Gasteiger partial charge in [-0.2, -0.15) is 13.2 Å². The van der Waals surface area contributed by atoms with Crippen molar-refractivity contribution in [1.29, 1.82) is 0 Å². The van der Waals surface area contributed by atoms with E-state index in [1.165, 1.54) is 62.5 Å². The van der Waals surface area contributed by atoms with Gasteiger partial charge in [0.1, 0.15) is 17.9 Å². The zero-order valence-electron chi connectivity index (χ0n) is 20.4. The summed E-state index contributed by atoms with van der Waals surface area (Å²) in [6.45, 7) is 2.07. The molecule has 1 amide bonds. The molecular weight excluding hydrogens is 517 g/mol. The predicted octanol–water partition coefficient (Wildman–Crippen LogP) is 4.69. The van der Waals surface area contributed by atoms with E-state index >= 15 is 0 Å². The maximum atomic E-state index is 14.4. The number of amides is 1. The van der Waals surface area contributed by atoms with Crippen LogP contribution in [0.2, 0.25) is 0 Å². The van der Waals surface area contributed by atoms with Gasteiger partial charge in [-0.25, -0.2) is 18.7 Å². The van der Waals surface area contributed by atoms with E-state index in [2.05, 4.69) is 20.9 Å². The van der Waals surface area contributed by atoms with Crippen molar-refractivity contribution in [2.24, 2.45) is 10.7 Å². The summed E-state index contributed by atoms with van der Waals surface area (Å²) >= 11 is 1.37. The minimum atomic E-state index is -4.39. The fourth-order valence-electron chi connectivity index (χ4n) is 2.34. The standard InChI is InChI=1S/C19H18F2N4OS.C5H8F3NO/c1-3-7-26-18-12-23-17(11-24-18)16(21)9-13-5-6-15(20)14(8-13)10-25-19(22)27-4-2;1-9(2)4(10)3-5(6,7)8/h1,5-6,8-9,11-12H,4,7,10H2,2H3,(H2,22,25);3H2,1-2H3/b16-9-;. The van der Waals surface area contributed by atoms with Crippen molar-refractivity contribution in [3.8, 4) is 18.2 Å². The molecule has 2 aromatic rings. The highest BCUT2D eigenvalue weighted by Gasteiger charge is 2.31. The highest BCUT2D eigenvalue weighted by molar-refractivity contribution is 8.13. The smallest absolute Gasteiger partial charge is 0.397 e. The van der Waals surface area contributed by atoms with Crippen molar-refractivity contribution < 1.29 is 31.5 Å². The molecule has 0 saturated heterocycles. The molecular formula is C24H26F5N5O2S. The average molecular weight is 544 g/mol. The average Bonchev–Trinajstić information content (AvgIpc) is 2.83. The Morgan fingerprint density at radius 1 is 1.30 bits per heavy atom. The Morgan fingerprint density at radius 3 is 2.51 bits per heavy atom. The Kier molecular flexibility index (Phi) is 13.1. The van der Waals surface area contributed by atoms with E-state index in [0.717, 1.165) is 10.7 Å². The second kappa shape index (κ2) is 15.5. The molecule has 1 aromatic heterocycles. The number of benzene rings is 1. The lowest BCUT2D eigenvalue weighted by Crippen LogP contribution is -2.27. The van der Waals surface area contributed by atoms with E-state index in [9.17, 15) is 26.7 Å². The zero-order valence-corrected chi connectivity index (χ0v) is 21.2. The summed E-state index contributed by atoms with van der Waals surface area (Å²) in [4.78, 5) is 23.2. The van der Waals surface area contributed by atoms with Gasteiger partial charge in [-0.3, -0.25) is 9.79 Å². The Bertz CT molecular complexity index is 1130. The first-order valence-electron chi connectivity index (χ1n) is 10.6. The fraction of sp³-hybridized carbons (Fsp3) is 0.333. The SMILES string of the molecule is C#CCOc1cnc(/C(F)=C/c2ccc(F)c(CN=C(N)SCC)c2)cn1.CN(C)C(=O)CC(F)(F)F. The number of carbonyl (C=O) groups excluding carboxylic acids is 1. The van der Waals surface area contributed by atoms with Crippen LogP contribution in [0, 0.1) is 18.2 Å². The van der Waals surface area contributed by atoms with Gasteiger partial charge in [0.15, 0.2) is 17.6 Å². The molecule has 0 saturated carbocycles. The van der Waals surface area contributed by atoms with Crippen LogP contribution in [0.15, 0.2) is 35.6 Å². The molecule has 7 nitrogen and oxygen atoms in total. The molecule has 2 rings (SSSR count). The van der Waals surface area contributed by atoms with Crippen molar-refractivity contribution in [3.05, 3.63) is 53.2 Å². The highest BCUT2D eigenvalue weighted by Crippen LogP contribution is 2.21. The molecule has 2 N–H and O–H groups in total. The number of hydrogen-bond donors (Lipinski definition) is 1. The van der Waals surface area contributed by atoms with Gasteiger partial charge in [0.25, 0.3) is 0 Å². The minimum Gasteiger partial charge on any atom is -0.463 e. The van der Waals surface area contributed by atoms with Gasteiger partial charge in [-0.05, 0) is 29.5 Å². The molecule has 0 radical (unpaired) electrons. The Morgan fingerprint density at radius 2 is 2.00 bits per heavy atom. The lowest BCUT2D eigenvalue weighted by molar-refractivity contribution is -0.159. The van der Waals surface area contributed by atoms with Crippen LogP contribution in [0.1, 0.15) is 30.2 Å². The zero-order chi connectivity index (χ0) is 28.0. The molecule has 1 heterocycles. The topological polar surface area (TPSA) is 93.7 Å². The summed E-state index contributed by atoms with van der Waals surface area (Å²) in [7, 11) is 2.57. The van der Waals surface area contributed by atoms with Crippen molar-refractivity contribution in [1.82, 2.24) is 14.9 Å². The van der Waals surface area contributed by atoms with Gasteiger partial charge >= 0.3 is 6.18 Å². The molecule has 1 aromatic carbocycles. The number of aliphatic imine (C=N–C) groups is 1. The van der Waals surface area contributed by atoms with Crippen molar-refractivity contribution >= 4 is 34.7 Å². The lowest BCUT2D eigenvalue weighted by Gasteiger charge is -2.11. The van der Waals surface area contributed by atoms with Crippen LogP contribution in [0.3, 0.4) is 0 Å². The number of thioether (sulfide) groups is 1. The molecule has 0 spiro atoms. The molecule has 200 valence electrons. The molecule has 37 heavy (non-hydrogen) atoms. The number of terminal acetylenes is 1. The van der Waals surface area contributed by atoms with E-state index in [4.69, 9.17) is 16.9 Å². The van der Waals surface area contributed by atoms with Gasteiger partial charge in [0.05, 0.1) is 18.9 Å². The number of alkyl halides is 3. The Balaban J connectivity index is 0.000000580. The van der Waals surface area contributed by atoms with Crippen LogP contribution in [0.4, 0.5) is 22.0 Å². The highest BCUT2D eigenvalue weighted by atomic mass is 32.2. The summed E-state index contributed by atoms with van der Waals surface area (Å²) in [5, 5.41) is 0.381. The van der Waals surface area contributed by atoms with Crippen LogP contribution < -0.4 is 10.5 Å². The van der Waals surface area contributed by atoms with Gasteiger partial charge < -0.3 is 15.4 Å². The first-order valence-corrected chi connectivity index (χ1v) is 11.6. The summed E-state index contributed by atoms with van der Waals surface area (Å²) < 4.78 is 67.7. The fourth-order valence-corrected chi connectivity index (χ4v) is 2.79. The van der Waals surface area contributed by atoms with Gasteiger partial charge in [0, 0.05) is 19.7 Å². The number of amidine groups is 1. The number of nitrogens with two attached hydrogens (primary N) is 1. The number of ether oxygens (including phenoxy) is 1. The van der Waals surface area contributed by atoms with Crippen molar-refractivity contribution in [3.63, 3.8) is 0 Å². The molecule has 0 aliphatic rings. The van der Waals surface area contributed by atoms with E-state index in [0.29, 0.717) is 16.3 Å². The lowest BCUT2D eigenvalue weighted by atomic mass is 10.1. The Labute approximate surface area is 216 Å². The van der Waals surface area contributed by atoms with Crippen LogP contribution in [0.5, 0.6) is 5.88 Å². The number of hydrogen-bond acceptors (Lipinski definition) is 6. The number of halogens is 5. The quantitative estimate of drug-likeness (QED) is 0.225. The summed E-state index contributed by atoms with van der Waals surface area (Å²) in [6, 6.07) is 4.24. The van der Waals surface area contributed by atoms with E-state index < -0.39 is 30.1 Å². The van der Waals surface area contributed by atoms with Crippen LogP contribution in [-0.2, 0) is 11.3 Å². The van der Waals surface area contributed by atoms with E-state index in [1.807, 2.05) is 6.92 Å². The first kappa shape index (κ1) is 31.4. The molecule has 0 aliphatic heterocycles. The van der Waals surface area contributed by atoms with E-state index in [1.54, 1.807) is 0 Å². The van der Waals surface area contributed by atoms with Crippen LogP contribution in [0.25, 0.3) is 11.9 Å². The molecule has 0 bridgehead atoms. The normalized spacial score (nSPS) is 11.8. The van der Waals surface area contributed by atoms with Crippen LogP contribution in [-0.4, -0.2) is 58.6 Å². The summed E-state index contributed by atoms with van der Waals surface area (Å²) in [5.41, 5.74) is 6.51. The number of carbonyl (C=O) groups is 1. The number of nitrogens with zero attached hydrogens (tertiary/aromatic N) is 4.